The summed E-state index contributed by atoms with van der Waals surface area (Å²) < 4.78 is 14.2. The monoisotopic (exact) mass is 426 g/mol. The summed E-state index contributed by atoms with van der Waals surface area (Å²) >= 11 is 1.60. The largest absolute Gasteiger partial charge is 0.206 e. The van der Waals surface area contributed by atoms with Gasteiger partial charge < -0.3 is 0 Å². The van der Waals surface area contributed by atoms with Crippen LogP contribution in [0.4, 0.5) is 4.39 Å². The smallest absolute Gasteiger partial charge is 0.137 e. The number of halogens is 1. The second-order valence-electron chi connectivity index (χ2n) is 9.07. The Labute approximate surface area is 188 Å². The quantitative estimate of drug-likeness (QED) is 0.255. The third kappa shape index (κ3) is 7.15. The fourth-order valence-corrected chi connectivity index (χ4v) is 5.63. The highest BCUT2D eigenvalue weighted by molar-refractivity contribution is 7.98. The lowest BCUT2D eigenvalue weighted by Gasteiger charge is -2.29. The van der Waals surface area contributed by atoms with Gasteiger partial charge in [0, 0.05) is 10.6 Å². The number of thioether (sulfide) groups is 1. The minimum Gasteiger partial charge on any atom is -0.206 e. The molecular formula is C28H39FS. The van der Waals surface area contributed by atoms with Gasteiger partial charge in [-0.25, -0.2) is 4.39 Å². The lowest BCUT2D eigenvalue weighted by molar-refractivity contribution is 0.302. The van der Waals surface area contributed by atoms with E-state index in [1.807, 2.05) is 12.1 Å². The Balaban J connectivity index is 1.41. The molecule has 0 spiro atoms. The van der Waals surface area contributed by atoms with Gasteiger partial charge in [-0.3, -0.25) is 0 Å². The van der Waals surface area contributed by atoms with Crippen LogP contribution in [-0.2, 0) is 12.2 Å². The average Bonchev–Trinajstić information content (AvgIpc) is 2.79. The number of hydrogen-bond acceptors (Lipinski definition) is 1. The maximum absolute atomic E-state index is 14.2. The molecule has 1 fully saturated rings. The van der Waals surface area contributed by atoms with Crippen LogP contribution in [0.2, 0.25) is 0 Å². The molecule has 30 heavy (non-hydrogen) atoms. The zero-order chi connectivity index (χ0) is 21.2. The summed E-state index contributed by atoms with van der Waals surface area (Å²) in [6.45, 7) is 4.35. The van der Waals surface area contributed by atoms with Gasteiger partial charge in [-0.2, -0.15) is 0 Å². The first-order valence-corrected chi connectivity index (χ1v) is 13.2. The van der Waals surface area contributed by atoms with E-state index < -0.39 is 0 Å². The summed E-state index contributed by atoms with van der Waals surface area (Å²) in [6, 6.07) is 14.8. The molecule has 2 aromatic rings. The predicted octanol–water partition coefficient (Wildman–Crippen LogP) is 9.31. The van der Waals surface area contributed by atoms with Gasteiger partial charge >= 0.3 is 0 Å². The molecule has 0 N–H and O–H groups in total. The zero-order valence-corrected chi connectivity index (χ0v) is 19.8. The Morgan fingerprint density at radius 1 is 0.833 bits per heavy atom. The highest BCUT2D eigenvalue weighted by Gasteiger charge is 2.22. The Morgan fingerprint density at radius 3 is 2.20 bits per heavy atom. The molecule has 0 amide bonds. The molecule has 0 saturated heterocycles. The van der Waals surface area contributed by atoms with Gasteiger partial charge in [-0.1, -0.05) is 82.7 Å². The van der Waals surface area contributed by atoms with Gasteiger partial charge in [0.25, 0.3) is 0 Å². The van der Waals surface area contributed by atoms with Crippen molar-refractivity contribution >= 4 is 11.8 Å². The first kappa shape index (κ1) is 23.4. The summed E-state index contributed by atoms with van der Waals surface area (Å²) in [5.41, 5.74) is 3.85. The average molecular weight is 427 g/mol. The van der Waals surface area contributed by atoms with E-state index >= 15 is 0 Å². The van der Waals surface area contributed by atoms with Crippen molar-refractivity contribution in [1.82, 2.24) is 0 Å². The Morgan fingerprint density at radius 2 is 1.53 bits per heavy atom. The molecule has 1 aliphatic rings. The van der Waals surface area contributed by atoms with Crippen LogP contribution < -0.4 is 0 Å². The molecule has 1 saturated carbocycles. The molecule has 164 valence electrons. The van der Waals surface area contributed by atoms with Crippen molar-refractivity contribution in [2.75, 3.05) is 0 Å². The molecule has 2 heteroatoms. The van der Waals surface area contributed by atoms with E-state index in [1.165, 1.54) is 75.3 Å². The lowest BCUT2D eigenvalue weighted by atomic mass is 9.77. The van der Waals surface area contributed by atoms with Gasteiger partial charge in [-0.15, -0.1) is 11.8 Å². The first-order chi connectivity index (χ1) is 14.7. The molecule has 0 bridgehead atoms. The Bertz CT molecular complexity index is 744. The van der Waals surface area contributed by atoms with Crippen molar-refractivity contribution in [2.24, 2.45) is 5.92 Å². The summed E-state index contributed by atoms with van der Waals surface area (Å²) in [4.78, 5) is 0.754. The number of benzene rings is 2. The number of hydrogen-bond donors (Lipinski definition) is 0. The molecule has 0 aromatic heterocycles. The Kier molecular flexibility index (Phi) is 9.78. The molecule has 0 radical (unpaired) electrons. The number of unbranched alkanes of at least 4 members (excludes halogenated alkanes) is 4. The van der Waals surface area contributed by atoms with Crippen LogP contribution in [-0.4, -0.2) is 0 Å². The van der Waals surface area contributed by atoms with Crippen molar-refractivity contribution in [1.29, 1.82) is 0 Å². The van der Waals surface area contributed by atoms with Crippen LogP contribution in [0.1, 0.15) is 101 Å². The molecule has 0 atom stereocenters. The normalized spacial score (nSPS) is 19.2. The van der Waals surface area contributed by atoms with Crippen LogP contribution in [0.25, 0.3) is 0 Å². The number of aryl methyl sites for hydroxylation is 1. The van der Waals surface area contributed by atoms with Gasteiger partial charge in [0.1, 0.15) is 5.82 Å². The van der Waals surface area contributed by atoms with Gasteiger partial charge in [0.15, 0.2) is 0 Å². The molecule has 0 aliphatic heterocycles. The van der Waals surface area contributed by atoms with E-state index in [4.69, 9.17) is 0 Å². The summed E-state index contributed by atoms with van der Waals surface area (Å²) in [6.07, 6.45) is 14.9. The summed E-state index contributed by atoms with van der Waals surface area (Å²) in [5, 5.41) is 0. The van der Waals surface area contributed by atoms with Gasteiger partial charge in [0.2, 0.25) is 0 Å². The van der Waals surface area contributed by atoms with Crippen LogP contribution in [0.3, 0.4) is 0 Å². The van der Waals surface area contributed by atoms with Gasteiger partial charge in [-0.05, 0) is 72.8 Å². The van der Waals surface area contributed by atoms with E-state index in [0.717, 1.165) is 34.5 Å². The van der Waals surface area contributed by atoms with Crippen LogP contribution in [0.5, 0.6) is 0 Å². The molecule has 0 nitrogen and oxygen atoms in total. The lowest BCUT2D eigenvalue weighted by Crippen LogP contribution is -2.13. The molecular weight excluding hydrogens is 387 g/mol. The van der Waals surface area contributed by atoms with Crippen LogP contribution >= 0.6 is 11.8 Å². The predicted molar refractivity (Wildman–Crippen MR) is 130 cm³/mol. The highest BCUT2D eigenvalue weighted by Crippen LogP contribution is 2.38. The standard InChI is InChI=1S/C28H39FS/c1-3-5-6-7-8-9-23-10-15-25(16-11-23)26-17-12-24(13-18-26)21-30-28-19-14-22(4-2)20-27(28)29/h12-14,17-20,23,25H,3-11,15-16,21H2,1-2H3. The molecule has 3 rings (SSSR count). The maximum Gasteiger partial charge on any atom is 0.137 e. The number of rotatable bonds is 11. The van der Waals surface area contributed by atoms with Crippen LogP contribution in [0.15, 0.2) is 47.4 Å². The van der Waals surface area contributed by atoms with E-state index in [2.05, 4.69) is 38.1 Å². The van der Waals surface area contributed by atoms with E-state index in [1.54, 1.807) is 17.8 Å². The molecule has 2 aromatic carbocycles. The summed E-state index contributed by atoms with van der Waals surface area (Å²) in [5.74, 6) is 2.45. The molecule has 0 unspecified atom stereocenters. The minimum atomic E-state index is -0.0851. The second kappa shape index (κ2) is 12.5. The SMILES string of the molecule is CCCCCCCC1CCC(c2ccc(CSc3ccc(CC)cc3F)cc2)CC1. The van der Waals surface area contributed by atoms with Crippen molar-refractivity contribution in [3.8, 4) is 0 Å². The minimum absolute atomic E-state index is 0.0851. The topological polar surface area (TPSA) is 0 Å². The van der Waals surface area contributed by atoms with Crippen molar-refractivity contribution in [3.63, 3.8) is 0 Å². The Hall–Kier alpha value is -1.28. The summed E-state index contributed by atoms with van der Waals surface area (Å²) in [7, 11) is 0. The van der Waals surface area contributed by atoms with Crippen molar-refractivity contribution in [3.05, 3.63) is 65.0 Å². The van der Waals surface area contributed by atoms with Crippen LogP contribution in [0, 0.1) is 11.7 Å². The van der Waals surface area contributed by atoms with E-state index in [-0.39, 0.29) is 5.82 Å². The maximum atomic E-state index is 14.2. The second-order valence-corrected chi connectivity index (χ2v) is 10.1. The van der Waals surface area contributed by atoms with Crippen molar-refractivity contribution in [2.45, 2.75) is 101 Å². The molecule has 0 heterocycles. The fraction of sp³-hybridized carbons (Fsp3) is 0.571. The van der Waals surface area contributed by atoms with Crippen molar-refractivity contribution < 1.29 is 4.39 Å². The third-order valence-corrected chi connectivity index (χ3v) is 7.93. The molecule has 1 aliphatic carbocycles. The first-order valence-electron chi connectivity index (χ1n) is 12.2. The third-order valence-electron chi connectivity index (χ3n) is 6.81. The fourth-order valence-electron chi connectivity index (χ4n) is 4.75. The van der Waals surface area contributed by atoms with Gasteiger partial charge in [0.05, 0.1) is 0 Å². The zero-order valence-electron chi connectivity index (χ0n) is 19.0. The highest BCUT2D eigenvalue weighted by atomic mass is 32.2. The van der Waals surface area contributed by atoms with E-state index in [0.29, 0.717) is 0 Å². The van der Waals surface area contributed by atoms with E-state index in [9.17, 15) is 4.39 Å².